The molecule has 0 spiro atoms. The molecule has 0 aromatic heterocycles. The molecule has 164 valence electrons. The third-order valence-electron chi connectivity index (χ3n) is 6.77. The highest BCUT2D eigenvalue weighted by Crippen LogP contribution is 2.28. The lowest BCUT2D eigenvalue weighted by molar-refractivity contribution is 1.69. The SMILES string of the molecule is C(#C[Si](c1ccccc1)(c1ccccc1)c1ccccc1)c1c2ccccc2cc2ccccc12. The molecule has 0 nitrogen and oxygen atoms in total. The van der Waals surface area contributed by atoms with Crippen molar-refractivity contribution in [3.8, 4) is 11.5 Å². The first kappa shape index (κ1) is 21.2. The molecule has 0 heterocycles. The molecule has 0 saturated heterocycles. The summed E-state index contributed by atoms with van der Waals surface area (Å²) in [4.78, 5) is 0. The van der Waals surface area contributed by atoms with Crippen LogP contribution in [0, 0.1) is 11.5 Å². The van der Waals surface area contributed by atoms with Crippen LogP contribution in [-0.2, 0) is 0 Å². The van der Waals surface area contributed by atoms with E-state index in [4.69, 9.17) is 0 Å². The van der Waals surface area contributed by atoms with Crippen molar-refractivity contribution in [2.24, 2.45) is 0 Å². The molecule has 0 radical (unpaired) electrons. The van der Waals surface area contributed by atoms with E-state index < -0.39 is 8.07 Å². The van der Waals surface area contributed by atoms with Crippen LogP contribution in [0.15, 0.2) is 146 Å². The highest BCUT2D eigenvalue weighted by Gasteiger charge is 2.38. The Morgan fingerprint density at radius 3 is 1.20 bits per heavy atom. The van der Waals surface area contributed by atoms with Gasteiger partial charge in [0.05, 0.1) is 0 Å². The first-order chi connectivity index (χ1) is 17.4. The molecule has 0 aliphatic carbocycles. The van der Waals surface area contributed by atoms with Crippen LogP contribution >= 0.6 is 0 Å². The molecule has 0 saturated carbocycles. The lowest BCUT2D eigenvalue weighted by atomic mass is 9.97. The fourth-order valence-electron chi connectivity index (χ4n) is 5.09. The van der Waals surface area contributed by atoms with Crippen molar-refractivity contribution in [3.05, 3.63) is 151 Å². The topological polar surface area (TPSA) is 0 Å². The van der Waals surface area contributed by atoms with Gasteiger partial charge in [-0.3, -0.25) is 0 Å². The maximum Gasteiger partial charge on any atom is 0.230 e. The fraction of sp³-hybridized carbons (Fsp3) is 0. The van der Waals surface area contributed by atoms with Gasteiger partial charge in [0, 0.05) is 5.56 Å². The van der Waals surface area contributed by atoms with E-state index in [9.17, 15) is 0 Å². The standard InChI is InChI=1S/C34H24Si/c1-4-16-29(17-5-1)35(30-18-6-2-7-19-30,31-20-8-3-9-21-31)25-24-34-32-22-12-10-14-27(32)26-28-15-11-13-23-33(28)34/h1-23,26H. The van der Waals surface area contributed by atoms with Crippen molar-refractivity contribution >= 4 is 45.2 Å². The maximum atomic E-state index is 3.97. The zero-order valence-electron chi connectivity index (χ0n) is 19.4. The van der Waals surface area contributed by atoms with Crippen molar-refractivity contribution in [2.75, 3.05) is 0 Å². The van der Waals surface area contributed by atoms with Crippen LogP contribution in [0.2, 0.25) is 0 Å². The van der Waals surface area contributed by atoms with Gasteiger partial charge in [0.15, 0.2) is 0 Å². The molecule has 1 heteroatoms. The molecule has 0 bridgehead atoms. The molecule has 35 heavy (non-hydrogen) atoms. The number of hydrogen-bond acceptors (Lipinski definition) is 0. The van der Waals surface area contributed by atoms with E-state index in [2.05, 4.69) is 157 Å². The average molecular weight is 461 g/mol. The Kier molecular flexibility index (Phi) is 5.51. The molecule has 0 unspecified atom stereocenters. The Morgan fingerprint density at radius 1 is 0.400 bits per heavy atom. The Balaban J connectivity index is 1.72. The van der Waals surface area contributed by atoms with Crippen LogP contribution in [0.3, 0.4) is 0 Å². The molecule has 6 aromatic carbocycles. The van der Waals surface area contributed by atoms with Gasteiger partial charge in [-0.2, -0.15) is 0 Å². The van der Waals surface area contributed by atoms with Crippen LogP contribution < -0.4 is 15.6 Å². The second-order valence-corrected chi connectivity index (χ2v) is 12.3. The molecule has 6 aromatic rings. The first-order valence-electron chi connectivity index (χ1n) is 12.0. The monoisotopic (exact) mass is 460 g/mol. The quantitative estimate of drug-likeness (QED) is 0.130. The van der Waals surface area contributed by atoms with Gasteiger partial charge < -0.3 is 0 Å². The van der Waals surface area contributed by atoms with E-state index in [1.54, 1.807) is 0 Å². The third kappa shape index (κ3) is 3.75. The molecular weight excluding hydrogens is 436 g/mol. The van der Waals surface area contributed by atoms with E-state index in [1.807, 2.05) is 0 Å². The van der Waals surface area contributed by atoms with Gasteiger partial charge >= 0.3 is 0 Å². The highest BCUT2D eigenvalue weighted by molar-refractivity contribution is 7.16. The van der Waals surface area contributed by atoms with E-state index in [0.29, 0.717) is 0 Å². The molecule has 0 atom stereocenters. The number of rotatable bonds is 3. The summed E-state index contributed by atoms with van der Waals surface area (Å²) in [6.07, 6.45) is 0. The third-order valence-corrected chi connectivity index (χ3v) is 10.9. The molecule has 0 fully saturated rings. The zero-order chi connectivity index (χ0) is 23.5. The first-order valence-corrected chi connectivity index (χ1v) is 14.0. The number of hydrogen-bond donors (Lipinski definition) is 0. The van der Waals surface area contributed by atoms with Crippen LogP contribution in [0.1, 0.15) is 5.56 Å². The van der Waals surface area contributed by atoms with E-state index in [1.165, 1.54) is 37.1 Å². The van der Waals surface area contributed by atoms with Crippen molar-refractivity contribution in [1.82, 2.24) is 0 Å². The summed E-state index contributed by atoms with van der Waals surface area (Å²) in [6, 6.07) is 52.1. The normalized spacial score (nSPS) is 11.2. The predicted molar refractivity (Wildman–Crippen MR) is 152 cm³/mol. The predicted octanol–water partition coefficient (Wildman–Crippen LogP) is 6.05. The molecule has 0 aliphatic heterocycles. The summed E-state index contributed by atoms with van der Waals surface area (Å²) in [6.45, 7) is 0. The minimum Gasteiger partial charge on any atom is -0.109 e. The Labute approximate surface area is 207 Å². The molecule has 6 rings (SSSR count). The van der Waals surface area contributed by atoms with Gasteiger partial charge in [0.25, 0.3) is 0 Å². The lowest BCUT2D eigenvalue weighted by Gasteiger charge is -2.28. The second-order valence-electron chi connectivity index (χ2n) is 8.79. The van der Waals surface area contributed by atoms with Gasteiger partial charge in [0.2, 0.25) is 8.07 Å². The van der Waals surface area contributed by atoms with E-state index >= 15 is 0 Å². The molecule has 0 amide bonds. The van der Waals surface area contributed by atoms with Crippen molar-refractivity contribution < 1.29 is 0 Å². The smallest absolute Gasteiger partial charge is 0.109 e. The van der Waals surface area contributed by atoms with Crippen LogP contribution in [-0.4, -0.2) is 8.07 Å². The minimum absolute atomic E-state index is 1.11. The Bertz CT molecular complexity index is 1520. The van der Waals surface area contributed by atoms with Crippen LogP contribution in [0.4, 0.5) is 0 Å². The molecular formula is C34H24Si. The second kappa shape index (κ2) is 9.10. The number of fused-ring (bicyclic) bond motifs is 2. The Morgan fingerprint density at radius 2 is 0.771 bits per heavy atom. The zero-order valence-corrected chi connectivity index (χ0v) is 20.4. The minimum atomic E-state index is -2.64. The maximum absolute atomic E-state index is 3.97. The van der Waals surface area contributed by atoms with E-state index in [0.717, 1.165) is 5.56 Å². The van der Waals surface area contributed by atoms with Crippen molar-refractivity contribution in [3.63, 3.8) is 0 Å². The number of benzene rings is 6. The largest absolute Gasteiger partial charge is 0.230 e. The highest BCUT2D eigenvalue weighted by atomic mass is 28.3. The van der Waals surface area contributed by atoms with Crippen molar-refractivity contribution in [1.29, 1.82) is 0 Å². The van der Waals surface area contributed by atoms with Crippen molar-refractivity contribution in [2.45, 2.75) is 0 Å². The summed E-state index contributed by atoms with van der Waals surface area (Å²) in [5, 5.41) is 8.76. The summed E-state index contributed by atoms with van der Waals surface area (Å²) in [5.41, 5.74) is 5.08. The van der Waals surface area contributed by atoms with E-state index in [-0.39, 0.29) is 0 Å². The van der Waals surface area contributed by atoms with Crippen LogP contribution in [0.5, 0.6) is 0 Å². The lowest BCUT2D eigenvalue weighted by Crippen LogP contribution is -2.66. The Hall–Kier alpha value is -4.38. The summed E-state index contributed by atoms with van der Waals surface area (Å²) < 4.78 is 0. The van der Waals surface area contributed by atoms with Crippen LogP contribution in [0.25, 0.3) is 21.5 Å². The van der Waals surface area contributed by atoms with Gasteiger partial charge in [-0.15, -0.1) is 5.54 Å². The van der Waals surface area contributed by atoms with Gasteiger partial charge in [-0.05, 0) is 43.2 Å². The van der Waals surface area contributed by atoms with Gasteiger partial charge in [0.1, 0.15) is 0 Å². The molecule has 0 aliphatic rings. The van der Waals surface area contributed by atoms with Gasteiger partial charge in [-0.1, -0.05) is 145 Å². The summed E-state index contributed by atoms with van der Waals surface area (Å²) in [7, 11) is -2.64. The average Bonchev–Trinajstić information content (AvgIpc) is 2.94. The summed E-state index contributed by atoms with van der Waals surface area (Å²) in [5.74, 6) is 3.78. The van der Waals surface area contributed by atoms with Gasteiger partial charge in [-0.25, -0.2) is 0 Å². The fourth-order valence-corrected chi connectivity index (χ4v) is 8.91. The molecule has 0 N–H and O–H groups in total. The summed E-state index contributed by atoms with van der Waals surface area (Å²) >= 11 is 0.